The molecule has 0 radical (unpaired) electrons. The fraction of sp³-hybridized carbons (Fsp3) is 0.0909. The number of benzene rings is 1. The molecule has 1 unspecified atom stereocenters. The average molecular weight is 249 g/mol. The van der Waals surface area contributed by atoms with Crippen molar-refractivity contribution in [1.82, 2.24) is 0 Å². The number of nitrogens with one attached hydrogen (secondary N) is 1. The first-order valence-electron chi connectivity index (χ1n) is 4.65. The van der Waals surface area contributed by atoms with Crippen molar-refractivity contribution < 1.29 is 8.49 Å². The molecule has 1 N–H and O–H groups in total. The Hall–Kier alpha value is -2.13. The van der Waals surface area contributed by atoms with Crippen LogP contribution >= 0.6 is 0 Å². The number of hydrogen-bond acceptors (Lipinski definition) is 5. The van der Waals surface area contributed by atoms with Gasteiger partial charge in [-0.15, -0.1) is 0 Å². The second-order valence-electron chi connectivity index (χ2n) is 3.18. The van der Waals surface area contributed by atoms with Gasteiger partial charge in [-0.3, -0.25) is 4.28 Å². The summed E-state index contributed by atoms with van der Waals surface area (Å²) < 4.78 is 22.2. The summed E-state index contributed by atoms with van der Waals surface area (Å²) in [5, 5.41) is 12.1. The second-order valence-corrected chi connectivity index (χ2v) is 4.87. The van der Waals surface area contributed by atoms with Crippen LogP contribution in [0.2, 0.25) is 0 Å². The maximum Gasteiger partial charge on any atom is 0.223 e. The third-order valence-electron chi connectivity index (χ3n) is 1.63. The van der Waals surface area contributed by atoms with Crippen LogP contribution in [0.25, 0.3) is 6.08 Å². The zero-order valence-electron chi connectivity index (χ0n) is 9.16. The zero-order valence-corrected chi connectivity index (χ0v) is 9.98. The maximum absolute atomic E-state index is 10.9. The molecule has 5 nitrogen and oxygen atoms in total. The van der Waals surface area contributed by atoms with Crippen molar-refractivity contribution in [3.63, 3.8) is 0 Å². The third kappa shape index (κ3) is 5.49. The highest BCUT2D eigenvalue weighted by atomic mass is 32.2. The molecule has 1 aromatic rings. The first-order valence-corrected chi connectivity index (χ1v) is 6.54. The summed E-state index contributed by atoms with van der Waals surface area (Å²) in [7, 11) is -3.18. The number of nitriles is 1. The highest BCUT2D eigenvalue weighted by Gasteiger charge is 1.97. The Morgan fingerprint density at radius 3 is 2.71 bits per heavy atom. The maximum atomic E-state index is 10.9. The lowest BCUT2D eigenvalue weighted by atomic mass is 10.2. The van der Waals surface area contributed by atoms with Crippen LogP contribution in [0, 0.1) is 16.1 Å². The van der Waals surface area contributed by atoms with E-state index in [1.165, 1.54) is 6.08 Å². The molecule has 0 amide bonds. The zero-order chi connectivity index (χ0) is 12.7. The van der Waals surface area contributed by atoms with Gasteiger partial charge < -0.3 is 0 Å². The molecule has 0 bridgehead atoms. The van der Waals surface area contributed by atoms with Crippen LogP contribution in [0.4, 0.5) is 0 Å². The van der Waals surface area contributed by atoms with Gasteiger partial charge in [0, 0.05) is 0 Å². The van der Waals surface area contributed by atoms with Gasteiger partial charge >= 0.3 is 0 Å². The molecule has 0 fully saturated rings. The van der Waals surface area contributed by atoms with Crippen molar-refractivity contribution in [3.05, 3.63) is 42.0 Å². The Balaban J connectivity index is 2.79. The Bertz CT molecular complexity index is 568. The second kappa shape index (κ2) is 5.82. The minimum Gasteiger partial charge on any atom is -0.285 e. The summed E-state index contributed by atoms with van der Waals surface area (Å²) in [5.41, 5.74) is 0.856. The quantitative estimate of drug-likeness (QED) is 0.655. The van der Waals surface area contributed by atoms with E-state index in [2.05, 4.69) is 9.44 Å². The van der Waals surface area contributed by atoms with Gasteiger partial charge in [0.05, 0.1) is 6.26 Å². The summed E-state index contributed by atoms with van der Waals surface area (Å²) >= 11 is 0. The first-order chi connectivity index (χ1) is 8.01. The smallest absolute Gasteiger partial charge is 0.223 e. The number of oxime groups is 1. The number of nitrogens with zero attached hydrogens (tertiary/aromatic N) is 2. The molecule has 88 valence electrons. The van der Waals surface area contributed by atoms with Crippen molar-refractivity contribution in [3.8, 4) is 6.07 Å². The van der Waals surface area contributed by atoms with Gasteiger partial charge in [0.2, 0.25) is 10.0 Å². The highest BCUT2D eigenvalue weighted by molar-refractivity contribution is 7.87. The van der Waals surface area contributed by atoms with Crippen LogP contribution in [0.3, 0.4) is 0 Å². The van der Waals surface area contributed by atoms with Crippen molar-refractivity contribution >= 4 is 21.8 Å². The lowest BCUT2D eigenvalue weighted by Crippen LogP contribution is -1.98. The van der Waals surface area contributed by atoms with Crippen molar-refractivity contribution in [2.75, 3.05) is 6.26 Å². The largest absolute Gasteiger partial charge is 0.285 e. The highest BCUT2D eigenvalue weighted by Crippen LogP contribution is 2.01. The van der Waals surface area contributed by atoms with Gasteiger partial charge in [-0.05, 0) is 11.6 Å². The predicted octanol–water partition coefficient (Wildman–Crippen LogP) is 2.19. The van der Waals surface area contributed by atoms with Crippen LogP contribution < -0.4 is 0 Å². The Kier molecular flexibility index (Phi) is 4.43. The molecule has 0 saturated carbocycles. The monoisotopic (exact) mass is 249 g/mol. The molecule has 1 aromatic carbocycles. The average Bonchev–Trinajstić information content (AvgIpc) is 2.29. The molecule has 0 saturated heterocycles. The van der Waals surface area contributed by atoms with E-state index in [1.54, 1.807) is 12.1 Å². The van der Waals surface area contributed by atoms with E-state index in [4.69, 9.17) is 10.0 Å². The van der Waals surface area contributed by atoms with E-state index in [-0.39, 0.29) is 5.71 Å². The van der Waals surface area contributed by atoms with Crippen LogP contribution in [-0.4, -0.2) is 16.2 Å². The topological polar surface area (TPSA) is 86.3 Å². The van der Waals surface area contributed by atoms with E-state index < -0.39 is 10.0 Å². The first kappa shape index (κ1) is 12.9. The van der Waals surface area contributed by atoms with Gasteiger partial charge in [-0.2, -0.15) is 5.26 Å². The molecule has 1 rings (SSSR count). The molecule has 0 heterocycles. The Morgan fingerprint density at radius 2 is 2.18 bits per heavy atom. The van der Waals surface area contributed by atoms with Gasteiger partial charge in [-0.1, -0.05) is 41.6 Å². The fourth-order valence-corrected chi connectivity index (χ4v) is 1.16. The van der Waals surface area contributed by atoms with Crippen molar-refractivity contribution in [1.29, 1.82) is 10.0 Å². The molecular formula is C11H11N3O2S. The van der Waals surface area contributed by atoms with Crippen molar-refractivity contribution in [2.45, 2.75) is 0 Å². The fourth-order valence-electron chi connectivity index (χ4n) is 0.939. The van der Waals surface area contributed by atoms with E-state index in [9.17, 15) is 4.21 Å². The summed E-state index contributed by atoms with van der Waals surface area (Å²) in [6.07, 6.45) is 4.18. The number of rotatable bonds is 4. The van der Waals surface area contributed by atoms with Crippen LogP contribution in [0.15, 0.2) is 41.6 Å². The standard InChI is InChI=1S/C11H11N3O2S/c1-17(13,15)16-14-11(9-12)8-7-10-5-3-2-4-6-10/h2-8,13H,1H3. The van der Waals surface area contributed by atoms with E-state index >= 15 is 0 Å². The molecule has 0 aromatic heterocycles. The van der Waals surface area contributed by atoms with Gasteiger partial charge in [0.25, 0.3) is 0 Å². The molecule has 0 spiro atoms. The van der Waals surface area contributed by atoms with E-state index in [0.717, 1.165) is 11.8 Å². The van der Waals surface area contributed by atoms with Crippen LogP contribution in [0.5, 0.6) is 0 Å². The van der Waals surface area contributed by atoms with Gasteiger partial charge in [0.15, 0.2) is 5.71 Å². The van der Waals surface area contributed by atoms with Gasteiger partial charge in [-0.25, -0.2) is 8.99 Å². The summed E-state index contributed by atoms with van der Waals surface area (Å²) in [6.45, 7) is 0. The minimum absolute atomic E-state index is 0.0457. The molecule has 0 aliphatic carbocycles. The summed E-state index contributed by atoms with van der Waals surface area (Å²) in [4.78, 5) is 0. The third-order valence-corrected chi connectivity index (χ3v) is 1.98. The van der Waals surface area contributed by atoms with Crippen molar-refractivity contribution in [2.24, 2.45) is 5.16 Å². The lowest BCUT2D eigenvalue weighted by Gasteiger charge is -1.95. The molecule has 0 aliphatic heterocycles. The molecule has 0 aliphatic rings. The summed E-state index contributed by atoms with van der Waals surface area (Å²) in [5.74, 6) is 0. The minimum atomic E-state index is -3.18. The molecule has 17 heavy (non-hydrogen) atoms. The number of allylic oxidation sites excluding steroid dienone is 1. The predicted molar refractivity (Wildman–Crippen MR) is 66.4 cm³/mol. The molecule has 1 atom stereocenters. The SMILES string of the molecule is CS(=N)(=O)ON=C(C#N)C=Cc1ccccc1. The Morgan fingerprint density at radius 1 is 1.53 bits per heavy atom. The molecular weight excluding hydrogens is 238 g/mol. The molecule has 6 heteroatoms. The van der Waals surface area contributed by atoms with Crippen LogP contribution in [0.1, 0.15) is 5.56 Å². The van der Waals surface area contributed by atoms with E-state index in [0.29, 0.717) is 0 Å². The lowest BCUT2D eigenvalue weighted by molar-refractivity contribution is 0.369. The Labute approximate surface area is 100 Å². The summed E-state index contributed by atoms with van der Waals surface area (Å²) in [6, 6.07) is 11.1. The van der Waals surface area contributed by atoms with E-state index in [1.807, 2.05) is 30.3 Å². The van der Waals surface area contributed by atoms with Crippen LogP contribution in [-0.2, 0) is 14.3 Å². The van der Waals surface area contributed by atoms with Gasteiger partial charge in [0.1, 0.15) is 6.07 Å². The normalized spacial score (nSPS) is 15.2. The number of hydrogen-bond donors (Lipinski definition) is 1.